The van der Waals surface area contributed by atoms with Gasteiger partial charge in [-0.25, -0.2) is 4.79 Å². The van der Waals surface area contributed by atoms with E-state index in [1.807, 2.05) is 24.3 Å². The molecule has 0 saturated carbocycles. The Balaban J connectivity index is 2.18. The maximum Gasteiger partial charge on any atom is 0.338 e. The Kier molecular flexibility index (Phi) is 5.19. The first kappa shape index (κ1) is 17.2. The van der Waals surface area contributed by atoms with Crippen molar-refractivity contribution in [2.24, 2.45) is 0 Å². The van der Waals surface area contributed by atoms with E-state index in [1.165, 1.54) is 0 Å². The van der Waals surface area contributed by atoms with Crippen LogP contribution in [0.5, 0.6) is 11.5 Å². The zero-order valence-corrected chi connectivity index (χ0v) is 14.6. The molecule has 4 heteroatoms. The summed E-state index contributed by atoms with van der Waals surface area (Å²) in [5.74, 6) is 1.05. The van der Waals surface area contributed by atoms with Crippen LogP contribution in [-0.4, -0.2) is 26.3 Å². The molecule has 1 aliphatic rings. The van der Waals surface area contributed by atoms with Crippen LogP contribution in [-0.2, 0) is 22.4 Å². The lowest BCUT2D eigenvalue weighted by Gasteiger charge is -2.23. The fourth-order valence-electron chi connectivity index (χ4n) is 3.00. The first-order valence-electron chi connectivity index (χ1n) is 8.34. The van der Waals surface area contributed by atoms with Crippen molar-refractivity contribution in [1.82, 2.24) is 0 Å². The van der Waals surface area contributed by atoms with Gasteiger partial charge in [-0.2, -0.15) is 0 Å². The highest BCUT2D eigenvalue weighted by atomic mass is 16.5. The predicted octanol–water partition coefficient (Wildman–Crippen LogP) is 4.00. The second kappa shape index (κ2) is 7.53. The van der Waals surface area contributed by atoms with Crippen LogP contribution in [0.25, 0.3) is 10.8 Å². The Morgan fingerprint density at radius 3 is 2.24 bits per heavy atom. The maximum absolute atomic E-state index is 12.1. The fourth-order valence-corrected chi connectivity index (χ4v) is 3.00. The average molecular weight is 338 g/mol. The van der Waals surface area contributed by atoms with Crippen LogP contribution >= 0.6 is 0 Å². The molecule has 0 aromatic heterocycles. The number of rotatable bonds is 6. The summed E-state index contributed by atoms with van der Waals surface area (Å²) in [7, 11) is 1.65. The number of ether oxygens (including phenoxy) is 3. The van der Waals surface area contributed by atoms with Gasteiger partial charge in [-0.1, -0.05) is 43.0 Å². The molecular weight excluding hydrogens is 316 g/mol. The number of methoxy groups -OCH3 is 1. The SMILES string of the molecule is C=C(C)C(=O)Oc1c2c(c(OCCOC)c3ccccc13)CC=CC2. The molecule has 2 aromatic rings. The molecule has 0 radical (unpaired) electrons. The second-order valence-corrected chi connectivity index (χ2v) is 6.05. The summed E-state index contributed by atoms with van der Waals surface area (Å²) < 4.78 is 16.9. The Bertz CT molecular complexity index is 849. The minimum atomic E-state index is -0.407. The van der Waals surface area contributed by atoms with Crippen molar-refractivity contribution in [2.75, 3.05) is 20.3 Å². The lowest BCUT2D eigenvalue weighted by Crippen LogP contribution is -2.14. The normalized spacial score (nSPS) is 12.7. The zero-order valence-electron chi connectivity index (χ0n) is 14.6. The van der Waals surface area contributed by atoms with Crippen molar-refractivity contribution in [1.29, 1.82) is 0 Å². The van der Waals surface area contributed by atoms with Crippen molar-refractivity contribution in [3.63, 3.8) is 0 Å². The minimum absolute atomic E-state index is 0.379. The van der Waals surface area contributed by atoms with Gasteiger partial charge in [0.1, 0.15) is 18.1 Å². The third-order valence-corrected chi connectivity index (χ3v) is 4.22. The summed E-state index contributed by atoms with van der Waals surface area (Å²) in [6.45, 7) is 6.33. The lowest BCUT2D eigenvalue weighted by atomic mass is 9.90. The van der Waals surface area contributed by atoms with E-state index < -0.39 is 5.97 Å². The molecule has 0 atom stereocenters. The molecule has 130 valence electrons. The van der Waals surface area contributed by atoms with Crippen LogP contribution < -0.4 is 9.47 Å². The van der Waals surface area contributed by atoms with Crippen LogP contribution in [0.1, 0.15) is 18.1 Å². The van der Waals surface area contributed by atoms with E-state index in [0.29, 0.717) is 31.0 Å². The van der Waals surface area contributed by atoms with Crippen molar-refractivity contribution in [2.45, 2.75) is 19.8 Å². The van der Waals surface area contributed by atoms with Gasteiger partial charge < -0.3 is 14.2 Å². The Labute approximate surface area is 147 Å². The Morgan fingerprint density at radius 1 is 1.04 bits per heavy atom. The molecule has 0 unspecified atom stereocenters. The quantitative estimate of drug-likeness (QED) is 0.263. The van der Waals surface area contributed by atoms with E-state index in [4.69, 9.17) is 14.2 Å². The number of hydrogen-bond acceptors (Lipinski definition) is 4. The summed E-state index contributed by atoms with van der Waals surface area (Å²) in [4.78, 5) is 12.1. The number of fused-ring (bicyclic) bond motifs is 2. The molecule has 4 nitrogen and oxygen atoms in total. The monoisotopic (exact) mass is 338 g/mol. The number of carbonyl (C=O) groups excluding carboxylic acids is 1. The second-order valence-electron chi connectivity index (χ2n) is 6.05. The number of benzene rings is 2. The van der Waals surface area contributed by atoms with Crippen molar-refractivity contribution in [3.8, 4) is 11.5 Å². The molecule has 0 bridgehead atoms. The van der Waals surface area contributed by atoms with E-state index in [9.17, 15) is 4.79 Å². The number of allylic oxidation sites excluding steroid dienone is 2. The van der Waals surface area contributed by atoms with Gasteiger partial charge in [-0.3, -0.25) is 0 Å². The first-order chi connectivity index (χ1) is 12.1. The minimum Gasteiger partial charge on any atom is -0.490 e. The number of esters is 1. The molecule has 0 N–H and O–H groups in total. The molecule has 1 aliphatic carbocycles. The highest BCUT2D eigenvalue weighted by Gasteiger charge is 2.23. The predicted molar refractivity (Wildman–Crippen MR) is 98.3 cm³/mol. The van der Waals surface area contributed by atoms with Gasteiger partial charge in [0.05, 0.1) is 6.61 Å². The van der Waals surface area contributed by atoms with Gasteiger partial charge in [0.15, 0.2) is 0 Å². The van der Waals surface area contributed by atoms with Crippen molar-refractivity contribution >= 4 is 16.7 Å². The smallest absolute Gasteiger partial charge is 0.338 e. The van der Waals surface area contributed by atoms with Crippen LogP contribution in [0, 0.1) is 0 Å². The Morgan fingerprint density at radius 2 is 1.64 bits per heavy atom. The van der Waals surface area contributed by atoms with E-state index in [2.05, 4.69) is 18.7 Å². The summed E-state index contributed by atoms with van der Waals surface area (Å²) in [6.07, 6.45) is 5.67. The summed E-state index contributed by atoms with van der Waals surface area (Å²) >= 11 is 0. The van der Waals surface area contributed by atoms with Crippen molar-refractivity contribution < 1.29 is 19.0 Å². The van der Waals surface area contributed by atoms with E-state index in [0.717, 1.165) is 34.1 Å². The number of carbonyl (C=O) groups is 1. The van der Waals surface area contributed by atoms with Gasteiger partial charge in [0.2, 0.25) is 0 Å². The standard InChI is InChI=1S/C21H22O4/c1-14(2)21(22)25-20-17-10-6-4-8-15(17)19(24-13-12-23-3)16-9-5-7-11-18(16)20/h4-8,10H,1,9,11-13H2,2-3H3. The molecule has 0 saturated heterocycles. The molecule has 2 aromatic carbocycles. The van der Waals surface area contributed by atoms with E-state index in [1.54, 1.807) is 14.0 Å². The highest BCUT2D eigenvalue weighted by Crippen LogP contribution is 2.43. The van der Waals surface area contributed by atoms with Gasteiger partial charge >= 0.3 is 5.97 Å². The molecule has 0 aliphatic heterocycles. The fraction of sp³-hybridized carbons (Fsp3) is 0.286. The highest BCUT2D eigenvalue weighted by molar-refractivity contribution is 5.99. The Hall–Kier alpha value is -2.59. The van der Waals surface area contributed by atoms with Gasteiger partial charge in [-0.15, -0.1) is 0 Å². The first-order valence-corrected chi connectivity index (χ1v) is 8.34. The van der Waals surface area contributed by atoms with Gasteiger partial charge in [0, 0.05) is 34.6 Å². The molecule has 0 heterocycles. The topological polar surface area (TPSA) is 44.8 Å². The van der Waals surface area contributed by atoms with Crippen LogP contribution in [0.2, 0.25) is 0 Å². The van der Waals surface area contributed by atoms with Gasteiger partial charge in [-0.05, 0) is 19.8 Å². The zero-order chi connectivity index (χ0) is 17.8. The van der Waals surface area contributed by atoms with Crippen LogP contribution in [0.4, 0.5) is 0 Å². The van der Waals surface area contributed by atoms with E-state index >= 15 is 0 Å². The van der Waals surface area contributed by atoms with Crippen LogP contribution in [0.3, 0.4) is 0 Å². The number of hydrogen-bond donors (Lipinski definition) is 0. The summed E-state index contributed by atoms with van der Waals surface area (Å²) in [6, 6.07) is 7.84. The molecule has 3 rings (SSSR count). The van der Waals surface area contributed by atoms with Crippen molar-refractivity contribution in [3.05, 3.63) is 59.7 Å². The van der Waals surface area contributed by atoms with Gasteiger partial charge in [0.25, 0.3) is 0 Å². The van der Waals surface area contributed by atoms with E-state index in [-0.39, 0.29) is 0 Å². The average Bonchev–Trinajstić information content (AvgIpc) is 2.63. The maximum atomic E-state index is 12.1. The summed E-state index contributed by atoms with van der Waals surface area (Å²) in [5.41, 5.74) is 2.45. The molecular formula is C21H22O4. The largest absolute Gasteiger partial charge is 0.490 e. The van der Waals surface area contributed by atoms with Crippen LogP contribution in [0.15, 0.2) is 48.6 Å². The molecule has 0 fully saturated rings. The third kappa shape index (κ3) is 3.44. The molecule has 0 spiro atoms. The molecule has 25 heavy (non-hydrogen) atoms. The lowest BCUT2D eigenvalue weighted by molar-refractivity contribution is -0.130. The third-order valence-electron chi connectivity index (χ3n) is 4.22. The molecule has 0 amide bonds. The summed E-state index contributed by atoms with van der Waals surface area (Å²) in [5, 5.41) is 1.82.